The van der Waals surface area contributed by atoms with Gasteiger partial charge in [0.05, 0.1) is 84.8 Å². The molecule has 7 rings (SSSR count). The van der Waals surface area contributed by atoms with E-state index in [0.717, 1.165) is 33.4 Å². The lowest BCUT2D eigenvalue weighted by Crippen LogP contribution is -2.45. The van der Waals surface area contributed by atoms with Gasteiger partial charge in [0, 0.05) is 0 Å². The van der Waals surface area contributed by atoms with Crippen molar-refractivity contribution in [1.29, 1.82) is 0 Å². The lowest BCUT2D eigenvalue weighted by atomic mass is 10.1. The van der Waals surface area contributed by atoms with Gasteiger partial charge in [-0.1, -0.05) is 182 Å². The number of carbonyl (C=O) groups excluding carboxylic acids is 2. The van der Waals surface area contributed by atoms with Gasteiger partial charge in [-0.05, 0) is 45.5 Å². The van der Waals surface area contributed by atoms with Gasteiger partial charge in [-0.25, -0.2) is 4.79 Å². The molecule has 0 saturated carbocycles. The largest absolute Gasteiger partial charge is 0.484 e. The van der Waals surface area contributed by atoms with Crippen LogP contribution in [0.25, 0.3) is 0 Å². The normalized spacial score (nSPS) is 11.2. The van der Waals surface area contributed by atoms with Crippen molar-refractivity contribution in [3.8, 4) is 11.5 Å². The van der Waals surface area contributed by atoms with E-state index in [-0.39, 0.29) is 75.5 Å². The second kappa shape index (κ2) is 29.9. The van der Waals surface area contributed by atoms with Crippen molar-refractivity contribution in [1.82, 2.24) is 5.32 Å². The lowest BCUT2D eigenvalue weighted by Gasteiger charge is -2.26. The predicted molar refractivity (Wildman–Crippen MR) is 274 cm³/mol. The molecule has 0 aromatic heterocycles. The molecule has 0 aliphatic heterocycles. The monoisotopic (exact) mass is 973 g/mol. The molecule has 72 heavy (non-hydrogen) atoms. The van der Waals surface area contributed by atoms with Crippen LogP contribution in [0, 0.1) is 0 Å². The number of carbonyl (C=O) groups is 2. The first-order valence-electron chi connectivity index (χ1n) is 24.1. The summed E-state index contributed by atoms with van der Waals surface area (Å²) in [6, 6.07) is 60.9. The Hall–Kier alpha value is -7.16. The van der Waals surface area contributed by atoms with Crippen molar-refractivity contribution in [2.45, 2.75) is 57.9 Å². The van der Waals surface area contributed by atoms with Crippen LogP contribution < -0.4 is 14.8 Å². The van der Waals surface area contributed by atoms with E-state index in [1.807, 2.05) is 182 Å². The molecule has 12 heteroatoms. The molecule has 0 bridgehead atoms. The van der Waals surface area contributed by atoms with E-state index >= 15 is 0 Å². The fourth-order valence-electron chi connectivity index (χ4n) is 7.48. The smallest absolute Gasteiger partial charge is 0.341 e. The maximum absolute atomic E-state index is 14.9. The molecule has 1 N–H and O–H groups in total. The van der Waals surface area contributed by atoms with Crippen molar-refractivity contribution < 1.29 is 52.2 Å². The van der Waals surface area contributed by atoms with E-state index in [0.29, 0.717) is 26.4 Å². The van der Waals surface area contributed by atoms with Crippen molar-refractivity contribution in [3.63, 3.8) is 0 Å². The number of amides is 1. The maximum Gasteiger partial charge on any atom is 0.341 e. The summed E-state index contributed by atoms with van der Waals surface area (Å²) >= 11 is 0. The standard InChI is InChI=1S/C60H63NO11/c1-64-60(63)56-33-32-55(57(71-38-50-28-16-6-17-29-50)58(56)72-39-51-30-18-7-19-31-51)59(62)61-52(40-69-53(42-65-34-46-20-8-2-9-21-46)43-66-35-47-22-10-3-11-23-47)41-70-54(44-67-36-48-24-12-4-13-25-48)45-68-37-49-26-14-5-15-27-49/h2-33,52-54H,34-45H2,1H3,(H,61,62). The van der Waals surface area contributed by atoms with Gasteiger partial charge >= 0.3 is 5.97 Å². The number of esters is 1. The highest BCUT2D eigenvalue weighted by molar-refractivity contribution is 6.01. The third-order valence-corrected chi connectivity index (χ3v) is 11.3. The van der Waals surface area contributed by atoms with Gasteiger partial charge in [0.25, 0.3) is 5.91 Å². The van der Waals surface area contributed by atoms with Gasteiger partial charge in [-0.15, -0.1) is 0 Å². The molecule has 0 heterocycles. The van der Waals surface area contributed by atoms with Crippen molar-refractivity contribution in [2.75, 3.05) is 46.8 Å². The Labute approximate surface area is 422 Å². The van der Waals surface area contributed by atoms with E-state index in [1.165, 1.54) is 19.2 Å². The molecule has 0 aliphatic carbocycles. The van der Waals surface area contributed by atoms with Crippen molar-refractivity contribution >= 4 is 11.9 Å². The van der Waals surface area contributed by atoms with Gasteiger partial charge in [0.1, 0.15) is 31.0 Å². The minimum Gasteiger partial charge on any atom is -0.484 e. The summed E-state index contributed by atoms with van der Waals surface area (Å²) in [7, 11) is 1.29. The summed E-state index contributed by atoms with van der Waals surface area (Å²) in [5, 5.41) is 3.17. The topological polar surface area (TPSA) is 129 Å². The molecule has 7 aromatic rings. The fraction of sp³-hybridized carbons (Fsp3) is 0.267. The highest BCUT2D eigenvalue weighted by Gasteiger charge is 2.28. The average molecular weight is 974 g/mol. The molecule has 0 saturated heterocycles. The zero-order valence-electron chi connectivity index (χ0n) is 40.7. The van der Waals surface area contributed by atoms with E-state index in [9.17, 15) is 9.59 Å². The van der Waals surface area contributed by atoms with Crippen LogP contribution in [0.4, 0.5) is 0 Å². The third kappa shape index (κ3) is 17.9. The minimum atomic E-state index is -0.745. The lowest BCUT2D eigenvalue weighted by molar-refractivity contribution is -0.0928. The summed E-state index contributed by atoms with van der Waals surface area (Å²) in [5.74, 6) is -1.04. The van der Waals surface area contributed by atoms with E-state index in [2.05, 4.69) is 5.32 Å². The summed E-state index contributed by atoms with van der Waals surface area (Å²) in [6.07, 6.45) is -1.06. The van der Waals surface area contributed by atoms with Crippen LogP contribution in [0.15, 0.2) is 194 Å². The van der Waals surface area contributed by atoms with Crippen molar-refractivity contribution in [2.24, 2.45) is 0 Å². The maximum atomic E-state index is 14.9. The summed E-state index contributed by atoms with van der Waals surface area (Å²) in [4.78, 5) is 28.2. The van der Waals surface area contributed by atoms with Crippen molar-refractivity contribution in [3.05, 3.63) is 239 Å². The Kier molecular flexibility index (Phi) is 21.9. The predicted octanol–water partition coefficient (Wildman–Crippen LogP) is 10.4. The average Bonchev–Trinajstić information content (AvgIpc) is 3.43. The third-order valence-electron chi connectivity index (χ3n) is 11.3. The molecule has 12 nitrogen and oxygen atoms in total. The zero-order valence-corrected chi connectivity index (χ0v) is 40.7. The Morgan fingerprint density at radius 1 is 0.375 bits per heavy atom. The first-order valence-corrected chi connectivity index (χ1v) is 24.1. The van der Waals surface area contributed by atoms with Crippen LogP contribution >= 0.6 is 0 Å². The second-order valence-corrected chi connectivity index (χ2v) is 16.9. The number of hydrogen-bond donors (Lipinski definition) is 1. The van der Waals surface area contributed by atoms with Gasteiger partial charge < -0.3 is 47.9 Å². The van der Waals surface area contributed by atoms with Crippen LogP contribution in [0.5, 0.6) is 11.5 Å². The molecule has 0 aliphatic rings. The van der Waals surface area contributed by atoms with Crippen LogP contribution in [0.2, 0.25) is 0 Å². The molecule has 0 spiro atoms. The van der Waals surface area contributed by atoms with E-state index in [1.54, 1.807) is 0 Å². The van der Waals surface area contributed by atoms with Gasteiger partial charge in [-0.2, -0.15) is 0 Å². The summed E-state index contributed by atoms with van der Waals surface area (Å²) in [5.41, 5.74) is 5.98. The Morgan fingerprint density at radius 2 is 0.667 bits per heavy atom. The highest BCUT2D eigenvalue weighted by Crippen LogP contribution is 2.37. The number of rotatable bonds is 31. The number of ether oxygens (including phenoxy) is 9. The Bertz CT molecular complexity index is 2420. The summed E-state index contributed by atoms with van der Waals surface area (Å²) in [6.45, 7) is 2.50. The molecule has 1 amide bonds. The second-order valence-electron chi connectivity index (χ2n) is 16.9. The molecule has 0 atom stereocenters. The molecular weight excluding hydrogens is 911 g/mol. The molecule has 0 radical (unpaired) electrons. The highest BCUT2D eigenvalue weighted by atomic mass is 16.6. The van der Waals surface area contributed by atoms with Crippen LogP contribution in [0.1, 0.15) is 54.1 Å². The van der Waals surface area contributed by atoms with Gasteiger partial charge in [-0.3, -0.25) is 4.79 Å². The first kappa shape index (κ1) is 52.7. The molecule has 0 fully saturated rings. The van der Waals surface area contributed by atoms with Crippen LogP contribution in [-0.4, -0.2) is 76.9 Å². The molecule has 7 aromatic carbocycles. The number of benzene rings is 7. The SMILES string of the molecule is COC(=O)c1ccc(C(=O)NC(COC(COCc2ccccc2)COCc2ccccc2)COC(COCc2ccccc2)COCc2ccccc2)c(OCc2ccccc2)c1OCc1ccccc1. The number of hydrogen-bond acceptors (Lipinski definition) is 11. The van der Waals surface area contributed by atoms with Crippen LogP contribution in [0.3, 0.4) is 0 Å². The molecular formula is C60H63NO11. The fourth-order valence-corrected chi connectivity index (χ4v) is 7.48. The Balaban J connectivity index is 1.15. The zero-order chi connectivity index (χ0) is 49.8. The van der Waals surface area contributed by atoms with Gasteiger partial charge in [0.15, 0.2) is 11.5 Å². The van der Waals surface area contributed by atoms with E-state index in [4.69, 9.17) is 42.6 Å². The number of nitrogens with one attached hydrogen (secondary N) is 1. The first-order chi connectivity index (χ1) is 35.5. The molecule has 374 valence electrons. The number of methoxy groups -OCH3 is 1. The molecule has 0 unspecified atom stereocenters. The Morgan fingerprint density at radius 3 is 0.986 bits per heavy atom. The van der Waals surface area contributed by atoms with Gasteiger partial charge in [0.2, 0.25) is 0 Å². The summed E-state index contributed by atoms with van der Waals surface area (Å²) < 4.78 is 56.0. The minimum absolute atomic E-state index is 0.0000793. The quantitative estimate of drug-likeness (QED) is 0.0417. The van der Waals surface area contributed by atoms with Crippen LogP contribution in [-0.2, 0) is 72.8 Å². The van der Waals surface area contributed by atoms with E-state index < -0.39 is 30.1 Å².